The number of ether oxygens (including phenoxy) is 1. The molecule has 3 aromatic heterocycles. The SMILES string of the molecule is COc1cc2c(Cc3ccc(F)c(N4CCN(c5ccc(C#N)cn5)CC4)c3)n[nH]c(=O)c2cn1. The van der Waals surface area contributed by atoms with Crippen LogP contribution in [0.3, 0.4) is 0 Å². The zero-order valence-electron chi connectivity index (χ0n) is 19.0. The van der Waals surface area contributed by atoms with Crippen LogP contribution in [0.5, 0.6) is 5.88 Å². The van der Waals surface area contributed by atoms with E-state index in [-0.39, 0.29) is 11.4 Å². The number of piperazine rings is 1. The summed E-state index contributed by atoms with van der Waals surface area (Å²) in [6, 6.07) is 12.4. The molecule has 1 saturated heterocycles. The number of nitrogens with one attached hydrogen (secondary N) is 1. The first-order chi connectivity index (χ1) is 17.1. The molecule has 10 heteroatoms. The number of aromatic amines is 1. The van der Waals surface area contributed by atoms with Gasteiger partial charge in [0.05, 0.1) is 29.4 Å². The highest BCUT2D eigenvalue weighted by Crippen LogP contribution is 2.26. The maximum absolute atomic E-state index is 14.8. The number of benzene rings is 1. The summed E-state index contributed by atoms with van der Waals surface area (Å²) in [4.78, 5) is 24.8. The molecule has 9 nitrogen and oxygen atoms in total. The van der Waals surface area contributed by atoms with E-state index in [4.69, 9.17) is 10.00 Å². The van der Waals surface area contributed by atoms with Gasteiger partial charge in [-0.1, -0.05) is 6.07 Å². The monoisotopic (exact) mass is 471 g/mol. The minimum absolute atomic E-state index is 0.288. The molecule has 0 saturated carbocycles. The second kappa shape index (κ2) is 9.38. The third kappa shape index (κ3) is 4.48. The fourth-order valence-corrected chi connectivity index (χ4v) is 4.26. The molecule has 0 aliphatic carbocycles. The van der Waals surface area contributed by atoms with Crippen LogP contribution in [0.25, 0.3) is 10.8 Å². The van der Waals surface area contributed by atoms with Gasteiger partial charge >= 0.3 is 0 Å². The van der Waals surface area contributed by atoms with E-state index in [0.717, 1.165) is 11.4 Å². The number of methoxy groups -OCH3 is 1. The first-order valence-corrected chi connectivity index (χ1v) is 11.1. The Hall–Kier alpha value is -4.52. The van der Waals surface area contributed by atoms with Gasteiger partial charge in [0.25, 0.3) is 5.56 Å². The maximum atomic E-state index is 14.8. The summed E-state index contributed by atoms with van der Waals surface area (Å²) in [5.74, 6) is 0.906. The number of anilines is 2. The van der Waals surface area contributed by atoms with Gasteiger partial charge in [-0.2, -0.15) is 10.4 Å². The van der Waals surface area contributed by atoms with Crippen molar-refractivity contribution < 1.29 is 9.13 Å². The van der Waals surface area contributed by atoms with Crippen LogP contribution >= 0.6 is 0 Å². The second-order valence-electron chi connectivity index (χ2n) is 8.23. The molecule has 4 aromatic rings. The van der Waals surface area contributed by atoms with Crippen molar-refractivity contribution in [3.8, 4) is 11.9 Å². The van der Waals surface area contributed by atoms with Crippen molar-refractivity contribution in [2.45, 2.75) is 6.42 Å². The van der Waals surface area contributed by atoms with Gasteiger partial charge in [-0.25, -0.2) is 19.5 Å². The standard InChI is InChI=1S/C25H22FN7O2/c1-35-24-12-18-19(15-29-24)25(34)31-30-21(18)10-16-2-4-20(26)22(11-16)32-6-8-33(9-7-32)23-5-3-17(13-27)14-28-23/h2-5,11-12,14-15H,6-10H2,1H3,(H,31,34). The molecule has 4 heterocycles. The van der Waals surface area contributed by atoms with Crippen molar-refractivity contribution in [2.75, 3.05) is 43.1 Å². The summed E-state index contributed by atoms with van der Waals surface area (Å²) in [5, 5.41) is 16.8. The number of fused-ring (bicyclic) bond motifs is 1. The molecule has 1 aromatic carbocycles. The molecule has 0 radical (unpaired) electrons. The van der Waals surface area contributed by atoms with E-state index in [1.54, 1.807) is 24.4 Å². The number of pyridine rings is 2. The Morgan fingerprint density at radius 1 is 1.06 bits per heavy atom. The highest BCUT2D eigenvalue weighted by atomic mass is 19.1. The Morgan fingerprint density at radius 3 is 2.57 bits per heavy atom. The van der Waals surface area contributed by atoms with Crippen LogP contribution in [-0.2, 0) is 6.42 Å². The number of halogens is 1. The zero-order chi connectivity index (χ0) is 24.4. The summed E-state index contributed by atoms with van der Waals surface area (Å²) in [5.41, 5.74) is 2.24. The van der Waals surface area contributed by atoms with Gasteiger partial charge in [0, 0.05) is 56.4 Å². The van der Waals surface area contributed by atoms with Crippen LogP contribution in [0.4, 0.5) is 15.9 Å². The van der Waals surface area contributed by atoms with Crippen LogP contribution in [0.15, 0.2) is 53.6 Å². The van der Waals surface area contributed by atoms with Crippen LogP contribution in [0.1, 0.15) is 16.8 Å². The lowest BCUT2D eigenvalue weighted by atomic mass is 10.0. The van der Waals surface area contributed by atoms with Crippen LogP contribution in [0.2, 0.25) is 0 Å². The fourth-order valence-electron chi connectivity index (χ4n) is 4.26. The number of hydrogen-bond donors (Lipinski definition) is 1. The van der Waals surface area contributed by atoms with E-state index < -0.39 is 0 Å². The Balaban J connectivity index is 1.36. The molecule has 1 aliphatic heterocycles. The Kier molecular flexibility index (Phi) is 5.97. The molecule has 0 unspecified atom stereocenters. The third-order valence-corrected chi connectivity index (χ3v) is 6.14. The number of rotatable bonds is 5. The topological polar surface area (TPSA) is 111 Å². The van der Waals surface area contributed by atoms with E-state index in [1.807, 2.05) is 17.0 Å². The number of hydrogen-bond acceptors (Lipinski definition) is 8. The molecular formula is C25H22FN7O2. The fraction of sp³-hybridized carbons (Fsp3) is 0.240. The molecule has 1 N–H and O–H groups in total. The Morgan fingerprint density at radius 2 is 1.86 bits per heavy atom. The summed E-state index contributed by atoms with van der Waals surface area (Å²) in [6.07, 6.45) is 3.43. The third-order valence-electron chi connectivity index (χ3n) is 6.14. The van der Waals surface area contributed by atoms with E-state index >= 15 is 0 Å². The highest BCUT2D eigenvalue weighted by molar-refractivity contribution is 5.84. The van der Waals surface area contributed by atoms with Gasteiger partial charge in [-0.3, -0.25) is 4.79 Å². The van der Waals surface area contributed by atoms with E-state index in [1.165, 1.54) is 19.4 Å². The molecule has 1 fully saturated rings. The van der Waals surface area contributed by atoms with Crippen molar-refractivity contribution in [2.24, 2.45) is 0 Å². The minimum atomic E-state index is -0.326. The minimum Gasteiger partial charge on any atom is -0.481 e. The van der Waals surface area contributed by atoms with Gasteiger partial charge in [-0.15, -0.1) is 0 Å². The quantitative estimate of drug-likeness (QED) is 0.473. The van der Waals surface area contributed by atoms with Crippen molar-refractivity contribution in [1.29, 1.82) is 5.26 Å². The lowest BCUT2D eigenvalue weighted by Crippen LogP contribution is -2.47. The van der Waals surface area contributed by atoms with Crippen molar-refractivity contribution >= 4 is 22.3 Å². The van der Waals surface area contributed by atoms with Gasteiger partial charge < -0.3 is 14.5 Å². The predicted molar refractivity (Wildman–Crippen MR) is 129 cm³/mol. The molecule has 176 valence electrons. The zero-order valence-corrected chi connectivity index (χ0v) is 19.0. The normalized spacial score (nSPS) is 13.6. The first-order valence-electron chi connectivity index (χ1n) is 11.1. The average molecular weight is 471 g/mol. The molecule has 5 rings (SSSR count). The van der Waals surface area contributed by atoms with Crippen molar-refractivity contribution in [3.05, 3.63) is 81.8 Å². The molecule has 0 amide bonds. The van der Waals surface area contributed by atoms with Crippen LogP contribution in [-0.4, -0.2) is 53.5 Å². The predicted octanol–water partition coefficient (Wildman–Crippen LogP) is 2.65. The summed E-state index contributed by atoms with van der Waals surface area (Å²) in [6.45, 7) is 2.62. The first kappa shape index (κ1) is 22.3. The smallest absolute Gasteiger partial charge is 0.273 e. The summed E-state index contributed by atoms with van der Waals surface area (Å²) >= 11 is 0. The Labute approximate surface area is 200 Å². The number of nitrogens with zero attached hydrogens (tertiary/aromatic N) is 6. The lowest BCUT2D eigenvalue weighted by Gasteiger charge is -2.37. The molecule has 1 aliphatic rings. The molecule has 0 spiro atoms. The van der Waals surface area contributed by atoms with E-state index in [0.29, 0.717) is 66.2 Å². The average Bonchev–Trinajstić information content (AvgIpc) is 2.91. The largest absolute Gasteiger partial charge is 0.481 e. The van der Waals surface area contributed by atoms with Gasteiger partial charge in [0.1, 0.15) is 17.7 Å². The number of H-pyrrole nitrogens is 1. The van der Waals surface area contributed by atoms with Crippen LogP contribution < -0.4 is 20.1 Å². The van der Waals surface area contributed by atoms with Crippen LogP contribution in [0, 0.1) is 17.1 Å². The molecular weight excluding hydrogens is 449 g/mol. The second-order valence-corrected chi connectivity index (χ2v) is 8.23. The Bertz CT molecular complexity index is 1470. The summed E-state index contributed by atoms with van der Waals surface area (Å²) < 4.78 is 20.0. The van der Waals surface area contributed by atoms with Gasteiger partial charge in [0.15, 0.2) is 0 Å². The molecule has 0 atom stereocenters. The van der Waals surface area contributed by atoms with Crippen molar-refractivity contribution in [1.82, 2.24) is 20.2 Å². The highest BCUT2D eigenvalue weighted by Gasteiger charge is 2.21. The van der Waals surface area contributed by atoms with E-state index in [9.17, 15) is 9.18 Å². The molecule has 0 bridgehead atoms. The summed E-state index contributed by atoms with van der Waals surface area (Å²) in [7, 11) is 1.51. The van der Waals surface area contributed by atoms with E-state index in [2.05, 4.69) is 31.1 Å². The van der Waals surface area contributed by atoms with Gasteiger partial charge in [0.2, 0.25) is 5.88 Å². The number of aromatic nitrogens is 4. The molecule has 35 heavy (non-hydrogen) atoms. The number of nitriles is 1. The van der Waals surface area contributed by atoms with Gasteiger partial charge in [-0.05, 0) is 29.8 Å². The maximum Gasteiger partial charge on any atom is 0.273 e. The van der Waals surface area contributed by atoms with Crippen molar-refractivity contribution in [3.63, 3.8) is 0 Å². The lowest BCUT2D eigenvalue weighted by molar-refractivity contribution is 0.398.